The summed E-state index contributed by atoms with van der Waals surface area (Å²) in [5.74, 6) is -0.164. The van der Waals surface area contributed by atoms with Crippen molar-refractivity contribution < 1.29 is 13.2 Å². The molecule has 1 saturated carbocycles. The highest BCUT2D eigenvalue weighted by Gasteiger charge is 2.34. The number of benzene rings is 1. The number of carbonyl (C=O) groups excluding carboxylic acids is 1. The Balaban J connectivity index is 1.57. The fraction of sp³-hybridized carbons (Fsp3) is 0.500. The van der Waals surface area contributed by atoms with Gasteiger partial charge in [0.15, 0.2) is 0 Å². The number of amides is 1. The van der Waals surface area contributed by atoms with Crippen LogP contribution >= 0.6 is 11.3 Å². The standard InChI is InChI=1S/C22H28N2O3S2/c1-23(19-10-4-2-3-5-11-19)22(25)21-20(13-15-28-21)29(26,27)24-14-12-17-8-6-7-9-18(17)16-24/h6-9,13,15,19H,2-5,10-12,14,16H2,1H3. The number of nitrogens with zero attached hydrogens (tertiary/aromatic N) is 2. The van der Waals surface area contributed by atoms with E-state index in [-0.39, 0.29) is 16.8 Å². The molecule has 0 radical (unpaired) electrons. The van der Waals surface area contributed by atoms with Crippen molar-refractivity contribution in [3.05, 3.63) is 51.7 Å². The second kappa shape index (κ2) is 8.58. The van der Waals surface area contributed by atoms with Crippen molar-refractivity contribution in [3.63, 3.8) is 0 Å². The van der Waals surface area contributed by atoms with E-state index in [1.807, 2.05) is 25.2 Å². The summed E-state index contributed by atoms with van der Waals surface area (Å²) in [6, 6.07) is 9.76. The van der Waals surface area contributed by atoms with Gasteiger partial charge in [0.1, 0.15) is 9.77 Å². The number of sulfonamides is 1. The normalized spacial score (nSPS) is 18.8. The first kappa shape index (κ1) is 20.6. The average molecular weight is 433 g/mol. The molecule has 5 nitrogen and oxygen atoms in total. The Bertz CT molecular complexity index is 975. The largest absolute Gasteiger partial charge is 0.338 e. The van der Waals surface area contributed by atoms with Crippen molar-refractivity contribution in [2.75, 3.05) is 13.6 Å². The van der Waals surface area contributed by atoms with Crippen LogP contribution in [0, 0.1) is 0 Å². The fourth-order valence-electron chi connectivity index (χ4n) is 4.44. The first-order chi connectivity index (χ1) is 14.0. The molecule has 0 unspecified atom stereocenters. The summed E-state index contributed by atoms with van der Waals surface area (Å²) >= 11 is 1.23. The van der Waals surface area contributed by atoms with Crippen LogP contribution in [0.3, 0.4) is 0 Å². The lowest BCUT2D eigenvalue weighted by molar-refractivity contribution is 0.0719. The Hall–Kier alpha value is -1.70. The van der Waals surface area contributed by atoms with Crippen LogP contribution in [-0.4, -0.2) is 43.2 Å². The van der Waals surface area contributed by atoms with Gasteiger partial charge in [0.2, 0.25) is 10.0 Å². The SMILES string of the molecule is CN(C(=O)c1sccc1S(=O)(=O)N1CCc2ccccc2C1)C1CCCCCC1. The Morgan fingerprint density at radius 3 is 2.48 bits per heavy atom. The maximum absolute atomic E-state index is 13.4. The number of hydrogen-bond donors (Lipinski definition) is 0. The predicted molar refractivity (Wildman–Crippen MR) is 116 cm³/mol. The zero-order valence-corrected chi connectivity index (χ0v) is 18.5. The van der Waals surface area contributed by atoms with Gasteiger partial charge < -0.3 is 4.90 Å². The molecule has 0 atom stereocenters. The highest BCUT2D eigenvalue weighted by Crippen LogP contribution is 2.31. The van der Waals surface area contributed by atoms with E-state index in [1.165, 1.54) is 34.0 Å². The summed E-state index contributed by atoms with van der Waals surface area (Å²) < 4.78 is 28.3. The predicted octanol–water partition coefficient (Wildman–Crippen LogP) is 4.29. The maximum atomic E-state index is 13.4. The third-order valence-corrected chi connectivity index (χ3v) is 9.15. The Kier molecular flexibility index (Phi) is 6.08. The van der Waals surface area contributed by atoms with Crippen LogP contribution in [0.4, 0.5) is 0 Å². The molecule has 156 valence electrons. The third-order valence-electron chi connectivity index (χ3n) is 6.23. The molecule has 0 saturated heterocycles. The third kappa shape index (κ3) is 4.13. The minimum absolute atomic E-state index is 0.160. The number of carbonyl (C=O) groups is 1. The van der Waals surface area contributed by atoms with Gasteiger partial charge >= 0.3 is 0 Å². The summed E-state index contributed by atoms with van der Waals surface area (Å²) in [7, 11) is -1.89. The second-order valence-corrected chi connectivity index (χ2v) is 10.9. The quantitative estimate of drug-likeness (QED) is 0.677. The Morgan fingerprint density at radius 1 is 1.07 bits per heavy atom. The number of hydrogen-bond acceptors (Lipinski definition) is 4. The Labute approximate surface area is 177 Å². The van der Waals surface area contributed by atoms with E-state index in [2.05, 4.69) is 6.07 Å². The van der Waals surface area contributed by atoms with E-state index in [1.54, 1.807) is 16.3 Å². The number of thiophene rings is 1. The highest BCUT2D eigenvalue weighted by atomic mass is 32.2. The molecule has 29 heavy (non-hydrogen) atoms. The van der Waals surface area contributed by atoms with Crippen LogP contribution < -0.4 is 0 Å². The first-order valence-electron chi connectivity index (χ1n) is 10.4. The topological polar surface area (TPSA) is 57.7 Å². The molecule has 2 aromatic rings. The lowest BCUT2D eigenvalue weighted by Crippen LogP contribution is -2.39. The van der Waals surface area contributed by atoms with Crippen LogP contribution in [-0.2, 0) is 23.0 Å². The molecule has 2 heterocycles. The summed E-state index contributed by atoms with van der Waals surface area (Å²) in [6.07, 6.45) is 7.39. The van der Waals surface area contributed by atoms with Crippen molar-refractivity contribution in [3.8, 4) is 0 Å². The molecule has 0 bridgehead atoms. The molecule has 0 N–H and O–H groups in total. The summed E-state index contributed by atoms with van der Waals surface area (Å²) in [4.78, 5) is 15.5. The van der Waals surface area contributed by atoms with Crippen molar-refractivity contribution in [2.24, 2.45) is 0 Å². The summed E-state index contributed by atoms with van der Waals surface area (Å²) in [6.45, 7) is 0.807. The van der Waals surface area contributed by atoms with Gasteiger partial charge in [0, 0.05) is 26.2 Å². The van der Waals surface area contributed by atoms with E-state index in [4.69, 9.17) is 0 Å². The lowest BCUT2D eigenvalue weighted by atomic mass is 10.0. The van der Waals surface area contributed by atoms with Crippen LogP contribution in [0.2, 0.25) is 0 Å². The number of fused-ring (bicyclic) bond motifs is 1. The van der Waals surface area contributed by atoms with E-state index < -0.39 is 10.0 Å². The van der Waals surface area contributed by atoms with Gasteiger partial charge in [0.05, 0.1) is 0 Å². The minimum Gasteiger partial charge on any atom is -0.338 e. The van der Waals surface area contributed by atoms with Gasteiger partial charge in [-0.3, -0.25) is 4.79 Å². The van der Waals surface area contributed by atoms with Gasteiger partial charge in [-0.25, -0.2) is 8.42 Å². The van der Waals surface area contributed by atoms with Gasteiger partial charge in [-0.05, 0) is 41.8 Å². The van der Waals surface area contributed by atoms with Crippen LogP contribution in [0.5, 0.6) is 0 Å². The van der Waals surface area contributed by atoms with Crippen LogP contribution in [0.25, 0.3) is 0 Å². The zero-order chi connectivity index (χ0) is 20.4. The summed E-state index contributed by atoms with van der Waals surface area (Å²) in [5, 5.41) is 1.72. The van der Waals surface area contributed by atoms with Crippen molar-refractivity contribution in [1.82, 2.24) is 9.21 Å². The van der Waals surface area contributed by atoms with Gasteiger partial charge in [-0.2, -0.15) is 4.31 Å². The van der Waals surface area contributed by atoms with Crippen molar-refractivity contribution in [2.45, 2.75) is 62.4 Å². The molecule has 4 rings (SSSR count). The van der Waals surface area contributed by atoms with E-state index in [0.717, 1.165) is 31.2 Å². The van der Waals surface area contributed by atoms with E-state index in [9.17, 15) is 13.2 Å². The molecule has 1 amide bonds. The fourth-order valence-corrected chi connectivity index (χ4v) is 7.24. The molecule has 0 spiro atoms. The van der Waals surface area contributed by atoms with E-state index in [0.29, 0.717) is 24.4 Å². The first-order valence-corrected chi connectivity index (χ1v) is 12.7. The lowest BCUT2D eigenvalue weighted by Gasteiger charge is -2.29. The zero-order valence-electron chi connectivity index (χ0n) is 16.8. The second-order valence-electron chi connectivity index (χ2n) is 8.03. The smallest absolute Gasteiger partial charge is 0.265 e. The molecule has 1 aromatic carbocycles. The Morgan fingerprint density at radius 2 is 1.76 bits per heavy atom. The van der Waals surface area contributed by atoms with Crippen molar-refractivity contribution in [1.29, 1.82) is 0 Å². The maximum Gasteiger partial charge on any atom is 0.265 e. The van der Waals surface area contributed by atoms with Gasteiger partial charge in [-0.15, -0.1) is 11.3 Å². The molecule has 1 aromatic heterocycles. The van der Waals surface area contributed by atoms with Crippen LogP contribution in [0.1, 0.15) is 59.3 Å². The molecule has 1 aliphatic heterocycles. The van der Waals surface area contributed by atoms with Gasteiger partial charge in [0.25, 0.3) is 5.91 Å². The molecular formula is C22H28N2O3S2. The van der Waals surface area contributed by atoms with E-state index >= 15 is 0 Å². The van der Waals surface area contributed by atoms with Crippen molar-refractivity contribution >= 4 is 27.3 Å². The highest BCUT2D eigenvalue weighted by molar-refractivity contribution is 7.89. The molecule has 1 fully saturated rings. The molecule has 7 heteroatoms. The molecule has 2 aliphatic rings. The molecular weight excluding hydrogens is 404 g/mol. The average Bonchev–Trinajstić information content (AvgIpc) is 3.09. The summed E-state index contributed by atoms with van der Waals surface area (Å²) in [5.41, 5.74) is 2.25. The molecule has 1 aliphatic carbocycles. The monoisotopic (exact) mass is 432 g/mol. The minimum atomic E-state index is -3.71. The van der Waals surface area contributed by atoms with Crippen LogP contribution in [0.15, 0.2) is 40.6 Å². The van der Waals surface area contributed by atoms with Gasteiger partial charge in [-0.1, -0.05) is 49.9 Å². The number of rotatable bonds is 4.